The molecule has 3 unspecified atom stereocenters. The Morgan fingerprint density at radius 3 is 2.76 bits per heavy atom. The molecule has 0 radical (unpaired) electrons. The van der Waals surface area contributed by atoms with Gasteiger partial charge in [-0.15, -0.1) is 0 Å². The fourth-order valence-electron chi connectivity index (χ4n) is 2.65. The molecule has 94 valence electrons. The molecule has 1 aliphatic carbocycles. The number of hydrogen-bond acceptors (Lipinski definition) is 2. The molecule has 17 heavy (non-hydrogen) atoms. The van der Waals surface area contributed by atoms with Gasteiger partial charge < -0.3 is 11.1 Å². The van der Waals surface area contributed by atoms with Crippen LogP contribution in [-0.4, -0.2) is 6.04 Å². The summed E-state index contributed by atoms with van der Waals surface area (Å²) in [5, 5.41) is 3.63. The zero-order valence-corrected chi connectivity index (χ0v) is 12.7. The molecular weight excluding hydrogens is 323 g/mol. The van der Waals surface area contributed by atoms with Gasteiger partial charge in [0.15, 0.2) is 0 Å². The van der Waals surface area contributed by atoms with Crippen LogP contribution in [0, 0.1) is 15.4 Å². The Morgan fingerprint density at radius 1 is 1.29 bits per heavy atom. The highest BCUT2D eigenvalue weighted by Crippen LogP contribution is 2.33. The maximum absolute atomic E-state index is 6.05. The lowest BCUT2D eigenvalue weighted by atomic mass is 9.78. The van der Waals surface area contributed by atoms with Gasteiger partial charge in [-0.1, -0.05) is 26.7 Å². The van der Waals surface area contributed by atoms with Crippen molar-refractivity contribution in [2.45, 2.75) is 39.2 Å². The van der Waals surface area contributed by atoms with Gasteiger partial charge in [-0.3, -0.25) is 0 Å². The summed E-state index contributed by atoms with van der Waals surface area (Å²) >= 11 is 2.29. The lowest BCUT2D eigenvalue weighted by Gasteiger charge is -2.35. The van der Waals surface area contributed by atoms with Crippen molar-refractivity contribution in [1.82, 2.24) is 0 Å². The Hall–Kier alpha value is -0.450. The standard InChI is InChI=1S/C14H21IN2/c1-9-4-3-5-13(10(9)2)17-14-7-6-11(15)8-12(14)16/h6-10,13,17H,3-5,16H2,1-2H3. The Kier molecular flexibility index (Phi) is 4.17. The molecule has 1 saturated carbocycles. The normalized spacial score (nSPS) is 29.0. The van der Waals surface area contributed by atoms with E-state index in [-0.39, 0.29) is 0 Å². The summed E-state index contributed by atoms with van der Waals surface area (Å²) in [6, 6.07) is 6.81. The van der Waals surface area contributed by atoms with Crippen LogP contribution in [0.4, 0.5) is 11.4 Å². The third-order valence-electron chi connectivity index (χ3n) is 4.06. The summed E-state index contributed by atoms with van der Waals surface area (Å²) in [7, 11) is 0. The topological polar surface area (TPSA) is 38.0 Å². The molecule has 3 atom stereocenters. The first-order chi connectivity index (χ1) is 8.08. The highest BCUT2D eigenvalue weighted by Gasteiger charge is 2.27. The molecule has 1 fully saturated rings. The third-order valence-corrected chi connectivity index (χ3v) is 4.73. The number of benzene rings is 1. The van der Waals surface area contributed by atoms with Crippen molar-refractivity contribution in [3.05, 3.63) is 21.8 Å². The van der Waals surface area contributed by atoms with Crippen molar-refractivity contribution >= 4 is 34.0 Å². The van der Waals surface area contributed by atoms with Crippen molar-refractivity contribution in [2.75, 3.05) is 11.1 Å². The summed E-state index contributed by atoms with van der Waals surface area (Å²) in [6.45, 7) is 4.71. The Bertz CT molecular complexity index is 392. The number of anilines is 2. The highest BCUT2D eigenvalue weighted by atomic mass is 127. The summed E-state index contributed by atoms with van der Waals surface area (Å²) in [5.74, 6) is 1.54. The fraction of sp³-hybridized carbons (Fsp3) is 0.571. The molecule has 0 heterocycles. The van der Waals surface area contributed by atoms with E-state index in [1.165, 1.54) is 22.8 Å². The molecule has 3 heteroatoms. The van der Waals surface area contributed by atoms with Crippen LogP contribution in [0.3, 0.4) is 0 Å². The molecule has 1 aromatic rings. The second-order valence-electron chi connectivity index (χ2n) is 5.25. The third kappa shape index (κ3) is 3.06. The van der Waals surface area contributed by atoms with Crippen molar-refractivity contribution < 1.29 is 0 Å². The van der Waals surface area contributed by atoms with E-state index in [0.29, 0.717) is 6.04 Å². The van der Waals surface area contributed by atoms with E-state index in [1.54, 1.807) is 0 Å². The van der Waals surface area contributed by atoms with Crippen LogP contribution in [-0.2, 0) is 0 Å². The van der Waals surface area contributed by atoms with Crippen LogP contribution >= 0.6 is 22.6 Å². The first-order valence-electron chi connectivity index (χ1n) is 6.39. The number of nitrogen functional groups attached to an aromatic ring is 1. The van der Waals surface area contributed by atoms with Crippen molar-refractivity contribution in [3.8, 4) is 0 Å². The Balaban J connectivity index is 2.09. The lowest BCUT2D eigenvalue weighted by molar-refractivity contribution is 0.253. The van der Waals surface area contributed by atoms with Gasteiger partial charge in [0.1, 0.15) is 0 Å². The minimum absolute atomic E-state index is 0.570. The molecule has 0 amide bonds. The van der Waals surface area contributed by atoms with Crippen LogP contribution in [0.25, 0.3) is 0 Å². The van der Waals surface area contributed by atoms with Crippen LogP contribution < -0.4 is 11.1 Å². The molecule has 0 aromatic heterocycles. The minimum Gasteiger partial charge on any atom is -0.397 e. The molecule has 2 nitrogen and oxygen atoms in total. The Morgan fingerprint density at radius 2 is 2.06 bits per heavy atom. The average molecular weight is 344 g/mol. The quantitative estimate of drug-likeness (QED) is 0.626. The van der Waals surface area contributed by atoms with Gasteiger partial charge in [0, 0.05) is 9.61 Å². The first-order valence-corrected chi connectivity index (χ1v) is 7.47. The highest BCUT2D eigenvalue weighted by molar-refractivity contribution is 14.1. The van der Waals surface area contributed by atoms with E-state index in [0.717, 1.165) is 23.2 Å². The fourth-order valence-corrected chi connectivity index (χ4v) is 3.17. The molecular formula is C14H21IN2. The van der Waals surface area contributed by atoms with E-state index in [9.17, 15) is 0 Å². The van der Waals surface area contributed by atoms with Crippen molar-refractivity contribution in [1.29, 1.82) is 0 Å². The van der Waals surface area contributed by atoms with E-state index in [2.05, 4.69) is 53.9 Å². The van der Waals surface area contributed by atoms with Gasteiger partial charge in [-0.2, -0.15) is 0 Å². The largest absolute Gasteiger partial charge is 0.397 e. The van der Waals surface area contributed by atoms with E-state index < -0.39 is 0 Å². The number of rotatable bonds is 2. The second-order valence-corrected chi connectivity index (χ2v) is 6.50. The van der Waals surface area contributed by atoms with Crippen LogP contribution in [0.15, 0.2) is 18.2 Å². The predicted molar refractivity (Wildman–Crippen MR) is 83.2 cm³/mol. The van der Waals surface area contributed by atoms with Gasteiger partial charge >= 0.3 is 0 Å². The van der Waals surface area contributed by atoms with Crippen molar-refractivity contribution in [3.63, 3.8) is 0 Å². The monoisotopic (exact) mass is 344 g/mol. The number of hydrogen-bond donors (Lipinski definition) is 2. The molecule has 2 rings (SSSR count). The summed E-state index contributed by atoms with van der Waals surface area (Å²) in [4.78, 5) is 0. The summed E-state index contributed by atoms with van der Waals surface area (Å²) in [5.41, 5.74) is 8.01. The van der Waals surface area contributed by atoms with Crippen LogP contribution in [0.1, 0.15) is 33.1 Å². The van der Waals surface area contributed by atoms with Gasteiger partial charge in [-0.05, 0) is 59.0 Å². The summed E-state index contributed by atoms with van der Waals surface area (Å²) < 4.78 is 1.19. The molecule has 0 aliphatic heterocycles. The molecule has 0 saturated heterocycles. The van der Waals surface area contributed by atoms with Crippen molar-refractivity contribution in [2.24, 2.45) is 11.8 Å². The molecule has 1 aliphatic rings. The van der Waals surface area contributed by atoms with E-state index in [1.807, 2.05) is 6.07 Å². The second kappa shape index (κ2) is 5.46. The van der Waals surface area contributed by atoms with Crippen LogP contribution in [0.2, 0.25) is 0 Å². The SMILES string of the molecule is CC1CCCC(Nc2ccc(I)cc2N)C1C. The minimum atomic E-state index is 0.570. The maximum Gasteiger partial charge on any atom is 0.0576 e. The summed E-state index contributed by atoms with van der Waals surface area (Å²) in [6.07, 6.45) is 3.95. The smallest absolute Gasteiger partial charge is 0.0576 e. The zero-order valence-electron chi connectivity index (χ0n) is 10.5. The van der Waals surface area contributed by atoms with E-state index >= 15 is 0 Å². The number of nitrogens with one attached hydrogen (secondary N) is 1. The predicted octanol–water partition coefficient (Wildman–Crippen LogP) is 4.11. The average Bonchev–Trinajstić information content (AvgIpc) is 2.28. The molecule has 3 N–H and O–H groups in total. The zero-order chi connectivity index (χ0) is 12.4. The first kappa shape index (κ1) is 13.0. The van der Waals surface area contributed by atoms with Gasteiger partial charge in [0.05, 0.1) is 11.4 Å². The lowest BCUT2D eigenvalue weighted by Crippen LogP contribution is -2.35. The molecule has 0 spiro atoms. The van der Waals surface area contributed by atoms with E-state index in [4.69, 9.17) is 5.73 Å². The van der Waals surface area contributed by atoms with Crippen LogP contribution in [0.5, 0.6) is 0 Å². The number of nitrogens with two attached hydrogens (primary N) is 1. The maximum atomic E-state index is 6.05. The van der Waals surface area contributed by atoms with Gasteiger partial charge in [0.25, 0.3) is 0 Å². The Labute approximate surface area is 117 Å². The number of halogens is 1. The van der Waals surface area contributed by atoms with Gasteiger partial charge in [-0.25, -0.2) is 0 Å². The molecule has 0 bridgehead atoms. The van der Waals surface area contributed by atoms with Gasteiger partial charge in [0.2, 0.25) is 0 Å². The molecule has 1 aromatic carbocycles.